The standard InChI is InChI=1S/C23H28B2N10O11P2S/c1-7(2)29-23-31-17-11(19(39)33-23)28-6-35(17)20-12(36)14-9(44-20)4-42-48(25,49)46-15-8(3-41-47(24,40)45-14)43-21(13(15)37)34-5-27-10-16(34)30-22(26)32-18(10)38/h5-9,12-15,20-21,36-37H,3-4H2,1-2H3,(H3,26,30,32,38)(H2,29,31,33,39)/t8-,9-,12+,13+,14?,15?,20-,21-,47?,48?/m1/s1. The molecule has 3 aliphatic heterocycles. The van der Waals surface area contributed by atoms with E-state index < -0.39 is 87.3 Å². The van der Waals surface area contributed by atoms with E-state index in [0.717, 1.165) is 0 Å². The van der Waals surface area contributed by atoms with Crippen LogP contribution in [0.1, 0.15) is 26.3 Å². The summed E-state index contributed by atoms with van der Waals surface area (Å²) in [5, 5.41) is 25.8. The molecule has 3 fully saturated rings. The molecule has 7 rings (SSSR count). The zero-order valence-corrected chi connectivity index (χ0v) is 28.2. The van der Waals surface area contributed by atoms with Crippen molar-refractivity contribution in [1.29, 1.82) is 0 Å². The van der Waals surface area contributed by atoms with E-state index in [4.69, 9.17) is 60.2 Å². The van der Waals surface area contributed by atoms with E-state index in [0.29, 0.717) is 0 Å². The Morgan fingerprint density at radius 2 is 1.47 bits per heavy atom. The maximum atomic E-state index is 13.5. The van der Waals surface area contributed by atoms with Crippen LogP contribution >= 0.6 is 13.8 Å². The second kappa shape index (κ2) is 12.6. The molecule has 26 heteroatoms. The molecule has 4 aromatic rings. The van der Waals surface area contributed by atoms with Gasteiger partial charge in [-0.05, 0) is 25.7 Å². The second-order valence-electron chi connectivity index (χ2n) is 11.7. The summed E-state index contributed by atoms with van der Waals surface area (Å²) in [6.45, 7) is 2.64. The average Bonchev–Trinajstić information content (AvgIpc) is 3.76. The lowest BCUT2D eigenvalue weighted by atomic mass is 10.1. The van der Waals surface area contributed by atoms with Crippen molar-refractivity contribution in [2.24, 2.45) is 0 Å². The lowest BCUT2D eigenvalue weighted by Gasteiger charge is -2.31. The van der Waals surface area contributed by atoms with Gasteiger partial charge in [0.1, 0.15) is 43.0 Å². The van der Waals surface area contributed by atoms with Crippen molar-refractivity contribution in [3.05, 3.63) is 33.4 Å². The molecule has 3 aliphatic rings. The third-order valence-corrected chi connectivity index (χ3v) is 10.5. The molecule has 49 heavy (non-hydrogen) atoms. The summed E-state index contributed by atoms with van der Waals surface area (Å²) >= 11 is 5.46. The Labute approximate surface area is 282 Å². The zero-order chi connectivity index (χ0) is 35.0. The van der Waals surface area contributed by atoms with Crippen molar-refractivity contribution in [1.82, 2.24) is 39.0 Å². The van der Waals surface area contributed by atoms with Crippen LogP contribution in [-0.4, -0.2) is 120 Å². The molecule has 10 atom stereocenters. The van der Waals surface area contributed by atoms with Crippen molar-refractivity contribution in [3.63, 3.8) is 0 Å². The summed E-state index contributed by atoms with van der Waals surface area (Å²) in [5.74, 6) is -0.0535. The molecule has 258 valence electrons. The smallest absolute Gasteiger partial charge is 0.280 e. The number of hydrogen-bond donors (Lipinski definition) is 6. The van der Waals surface area contributed by atoms with Crippen LogP contribution in [0.2, 0.25) is 0 Å². The predicted octanol–water partition coefficient (Wildman–Crippen LogP) is -1.34. The molecular weight excluding hydrogens is 708 g/mol. The Morgan fingerprint density at radius 1 is 0.939 bits per heavy atom. The molecule has 7 heterocycles. The molecule has 4 unspecified atom stereocenters. The van der Waals surface area contributed by atoms with Gasteiger partial charge in [-0.15, -0.1) is 0 Å². The summed E-state index contributed by atoms with van der Waals surface area (Å²) in [6, 6.07) is -0.0729. The summed E-state index contributed by atoms with van der Waals surface area (Å²) in [6.07, 6.45) is -12.2. The average molecular weight is 736 g/mol. The van der Waals surface area contributed by atoms with Crippen LogP contribution in [0.5, 0.6) is 0 Å². The minimum atomic E-state index is -4.52. The largest absolute Gasteiger partial charge is 0.386 e. The number of nitrogens with one attached hydrogen (secondary N) is 3. The number of anilines is 2. The maximum Gasteiger partial charge on any atom is 0.280 e. The first-order chi connectivity index (χ1) is 23.1. The van der Waals surface area contributed by atoms with E-state index in [1.54, 1.807) is 0 Å². The van der Waals surface area contributed by atoms with Gasteiger partial charge in [-0.25, -0.2) is 9.97 Å². The molecule has 0 aliphatic carbocycles. The third kappa shape index (κ3) is 6.51. The van der Waals surface area contributed by atoms with Crippen LogP contribution in [0.4, 0.5) is 11.9 Å². The molecule has 0 aromatic carbocycles. The van der Waals surface area contributed by atoms with Gasteiger partial charge in [0.25, 0.3) is 18.6 Å². The molecule has 21 nitrogen and oxygen atoms in total. The number of aliphatic hydroxyl groups excluding tert-OH is 2. The van der Waals surface area contributed by atoms with E-state index in [1.807, 2.05) is 13.8 Å². The molecular formula is C23H28B2N10O11P2S. The normalized spacial score (nSPS) is 35.6. The number of aromatic nitrogens is 8. The minimum absolute atomic E-state index is 0.00815. The lowest BCUT2D eigenvalue weighted by Crippen LogP contribution is -2.39. The van der Waals surface area contributed by atoms with Crippen molar-refractivity contribution < 1.29 is 42.3 Å². The van der Waals surface area contributed by atoms with Gasteiger partial charge in [-0.2, -0.15) is 9.97 Å². The first-order valence-corrected chi connectivity index (χ1v) is 19.0. The van der Waals surface area contributed by atoms with E-state index in [-0.39, 0.29) is 40.3 Å². The quantitative estimate of drug-likeness (QED) is 0.104. The number of H-pyrrole nitrogens is 2. The van der Waals surface area contributed by atoms with Crippen molar-refractivity contribution in [3.8, 4) is 0 Å². The molecule has 0 bridgehead atoms. The van der Waals surface area contributed by atoms with E-state index in [2.05, 4.69) is 35.2 Å². The van der Waals surface area contributed by atoms with Gasteiger partial charge in [-0.3, -0.25) is 33.3 Å². The topological polar surface area (TPSA) is 278 Å². The minimum Gasteiger partial charge on any atom is -0.386 e. The number of ether oxygens (including phenoxy) is 2. The van der Waals surface area contributed by atoms with Crippen molar-refractivity contribution in [2.45, 2.75) is 69.0 Å². The van der Waals surface area contributed by atoms with Crippen LogP contribution in [0.15, 0.2) is 22.2 Å². The highest BCUT2D eigenvalue weighted by Gasteiger charge is 2.52. The fraction of sp³-hybridized carbons (Fsp3) is 0.565. The number of rotatable bonds is 4. The van der Waals surface area contributed by atoms with Crippen LogP contribution in [0, 0.1) is 0 Å². The van der Waals surface area contributed by atoms with E-state index >= 15 is 0 Å². The summed E-state index contributed by atoms with van der Waals surface area (Å²) in [7, 11) is 7.74. The van der Waals surface area contributed by atoms with Crippen LogP contribution in [0.25, 0.3) is 22.3 Å². The fourth-order valence-corrected chi connectivity index (χ4v) is 8.28. The summed E-state index contributed by atoms with van der Waals surface area (Å²) in [5.41, 5.74) is 4.48. The molecule has 0 amide bonds. The number of nitrogens with zero attached hydrogens (tertiary/aromatic N) is 6. The van der Waals surface area contributed by atoms with E-state index in [9.17, 15) is 24.4 Å². The van der Waals surface area contributed by atoms with Crippen LogP contribution in [0.3, 0.4) is 0 Å². The molecule has 4 aromatic heterocycles. The van der Waals surface area contributed by atoms with Gasteiger partial charge < -0.3 is 48.8 Å². The first-order valence-electron chi connectivity index (χ1n) is 14.7. The number of fused-ring (bicyclic) bond motifs is 4. The number of nitrogens with two attached hydrogens (primary N) is 1. The molecule has 3 saturated heterocycles. The fourth-order valence-electron chi connectivity index (χ4n) is 5.77. The van der Waals surface area contributed by atoms with Crippen molar-refractivity contribution >= 4 is 75.0 Å². The molecule has 7 N–H and O–H groups in total. The van der Waals surface area contributed by atoms with Gasteiger partial charge in [0.2, 0.25) is 19.5 Å². The predicted molar refractivity (Wildman–Crippen MR) is 174 cm³/mol. The number of imidazole rings is 2. The van der Waals surface area contributed by atoms with E-state index in [1.165, 1.54) is 21.8 Å². The van der Waals surface area contributed by atoms with Crippen molar-refractivity contribution in [2.75, 3.05) is 24.3 Å². The Hall–Kier alpha value is -3.01. The van der Waals surface area contributed by atoms with Gasteiger partial charge >= 0.3 is 0 Å². The highest BCUT2D eigenvalue weighted by molar-refractivity contribution is 8.21. The zero-order valence-electron chi connectivity index (χ0n) is 25.6. The monoisotopic (exact) mass is 736 g/mol. The third-order valence-electron chi connectivity index (χ3n) is 7.85. The van der Waals surface area contributed by atoms with Gasteiger partial charge in [-0.1, -0.05) is 0 Å². The summed E-state index contributed by atoms with van der Waals surface area (Å²) < 4.78 is 50.9. The molecule has 0 spiro atoms. The molecule has 0 saturated carbocycles. The highest BCUT2D eigenvalue weighted by Crippen LogP contribution is 2.53. The van der Waals surface area contributed by atoms with Crippen LogP contribution < -0.4 is 22.2 Å². The molecule has 4 radical (unpaired) electrons. The Balaban J connectivity index is 1.17. The number of nitrogen functional groups attached to an aromatic ring is 1. The number of aliphatic hydroxyl groups is 2. The first kappa shape index (κ1) is 34.4. The Kier molecular flexibility index (Phi) is 8.88. The van der Waals surface area contributed by atoms with Gasteiger partial charge in [0, 0.05) is 6.04 Å². The summed E-state index contributed by atoms with van der Waals surface area (Å²) in [4.78, 5) is 46.5. The number of aromatic amines is 2. The Morgan fingerprint density at radius 3 is 2.06 bits per heavy atom. The SMILES string of the molecule is [B]P1(=O)OC[C@H]2O[C@@H](n3cnc4c(=O)[nH]c(N)nc43)[C@@H](O)C2OP([B])(=S)OC[C@H]2O[C@@H](n3cnc4c(=O)[nH]c(NC(C)C)nc43)[C@@H](O)C2O1. The lowest BCUT2D eigenvalue weighted by molar-refractivity contribution is -0.0547. The Bertz CT molecular complexity index is 2130. The second-order valence-corrected chi connectivity index (χ2v) is 16.4. The highest BCUT2D eigenvalue weighted by atomic mass is 32.4. The van der Waals surface area contributed by atoms with Crippen LogP contribution in [-0.2, 0) is 43.9 Å². The number of hydrogen-bond acceptors (Lipinski definition) is 18. The maximum absolute atomic E-state index is 13.5. The van der Waals surface area contributed by atoms with Gasteiger partial charge in [0.05, 0.1) is 25.9 Å². The van der Waals surface area contributed by atoms with Gasteiger partial charge in [0.15, 0.2) is 42.3 Å².